The zero-order valence-electron chi connectivity index (χ0n) is 13.7. The summed E-state index contributed by atoms with van der Waals surface area (Å²) in [6.45, 7) is 1.99. The molecular weight excluding hydrogens is 346 g/mol. The first-order valence-corrected chi connectivity index (χ1v) is 8.32. The van der Waals surface area contributed by atoms with Crippen molar-refractivity contribution in [1.82, 2.24) is 5.32 Å². The third kappa shape index (κ3) is 4.33. The second-order valence-electron chi connectivity index (χ2n) is 5.84. The van der Waals surface area contributed by atoms with E-state index in [9.17, 15) is 9.59 Å². The van der Waals surface area contributed by atoms with Crippen LogP contribution in [0.4, 0.5) is 0 Å². The number of benzene rings is 1. The van der Waals surface area contributed by atoms with Crippen LogP contribution in [0.15, 0.2) is 41.0 Å². The van der Waals surface area contributed by atoms with Crippen LogP contribution < -0.4 is 10.1 Å². The Morgan fingerprint density at radius 1 is 1.40 bits per heavy atom. The standard InChI is InChI=1S/C18H18ClNO5/c1-11(17(21)20-9-15-3-2-6-23-15)25-18(22)13-7-12-8-14(19)4-5-16(12)24-10-13/h2-6,8,11,13H,7,9-10H2,1H3,(H,20,21)/t11-,13-/m1/s1. The lowest BCUT2D eigenvalue weighted by atomic mass is 9.97. The number of halogens is 1. The summed E-state index contributed by atoms with van der Waals surface area (Å²) >= 11 is 5.97. The van der Waals surface area contributed by atoms with Gasteiger partial charge in [-0.3, -0.25) is 9.59 Å². The Kier molecular flexibility index (Phi) is 5.28. The van der Waals surface area contributed by atoms with E-state index in [4.69, 9.17) is 25.5 Å². The van der Waals surface area contributed by atoms with Gasteiger partial charge >= 0.3 is 5.97 Å². The average Bonchev–Trinajstić information content (AvgIpc) is 3.12. The predicted octanol–water partition coefficient (Wildman–Crippen LogP) is 2.73. The van der Waals surface area contributed by atoms with Crippen molar-refractivity contribution in [3.05, 3.63) is 52.9 Å². The molecule has 0 saturated heterocycles. The van der Waals surface area contributed by atoms with Gasteiger partial charge in [0.05, 0.1) is 18.7 Å². The molecule has 1 aromatic carbocycles. The van der Waals surface area contributed by atoms with Crippen molar-refractivity contribution in [2.24, 2.45) is 5.92 Å². The lowest BCUT2D eigenvalue weighted by molar-refractivity contribution is -0.160. The fourth-order valence-corrected chi connectivity index (χ4v) is 2.76. The van der Waals surface area contributed by atoms with E-state index in [1.165, 1.54) is 13.2 Å². The Morgan fingerprint density at radius 2 is 2.24 bits per heavy atom. The lowest BCUT2D eigenvalue weighted by Gasteiger charge is -2.25. The van der Waals surface area contributed by atoms with Gasteiger partial charge in [0.1, 0.15) is 18.1 Å². The van der Waals surface area contributed by atoms with Crippen LogP contribution >= 0.6 is 11.6 Å². The van der Waals surface area contributed by atoms with Crippen LogP contribution in [0.1, 0.15) is 18.2 Å². The average molecular weight is 364 g/mol. The van der Waals surface area contributed by atoms with Gasteiger partial charge in [0.2, 0.25) is 0 Å². The molecule has 132 valence electrons. The maximum Gasteiger partial charge on any atom is 0.313 e. The first kappa shape index (κ1) is 17.4. The van der Waals surface area contributed by atoms with Gasteiger partial charge in [0.15, 0.2) is 6.10 Å². The zero-order chi connectivity index (χ0) is 17.8. The number of furan rings is 1. The fraction of sp³-hybridized carbons (Fsp3) is 0.333. The summed E-state index contributed by atoms with van der Waals surface area (Å²) in [4.78, 5) is 24.3. The van der Waals surface area contributed by atoms with E-state index in [0.29, 0.717) is 17.2 Å². The van der Waals surface area contributed by atoms with E-state index in [-0.39, 0.29) is 19.1 Å². The molecule has 1 amide bonds. The van der Waals surface area contributed by atoms with Gasteiger partial charge < -0.3 is 19.2 Å². The van der Waals surface area contributed by atoms with E-state index < -0.39 is 18.0 Å². The lowest BCUT2D eigenvalue weighted by Crippen LogP contribution is -2.38. The highest BCUT2D eigenvalue weighted by molar-refractivity contribution is 6.30. The van der Waals surface area contributed by atoms with Gasteiger partial charge in [-0.15, -0.1) is 0 Å². The second-order valence-corrected chi connectivity index (χ2v) is 6.28. The van der Waals surface area contributed by atoms with E-state index in [1.807, 2.05) is 0 Å². The smallest absolute Gasteiger partial charge is 0.313 e. The number of amides is 1. The number of carbonyl (C=O) groups excluding carboxylic acids is 2. The van der Waals surface area contributed by atoms with E-state index in [0.717, 1.165) is 11.3 Å². The van der Waals surface area contributed by atoms with E-state index >= 15 is 0 Å². The Balaban J connectivity index is 1.52. The zero-order valence-corrected chi connectivity index (χ0v) is 14.4. The minimum Gasteiger partial charge on any atom is -0.492 e. The molecule has 0 radical (unpaired) electrons. The van der Waals surface area contributed by atoms with Crippen LogP contribution in [0, 0.1) is 5.92 Å². The summed E-state index contributed by atoms with van der Waals surface area (Å²) in [6.07, 6.45) is 1.09. The number of nitrogens with one attached hydrogen (secondary N) is 1. The molecule has 0 spiro atoms. The molecule has 25 heavy (non-hydrogen) atoms. The number of rotatable bonds is 5. The number of ether oxygens (including phenoxy) is 2. The summed E-state index contributed by atoms with van der Waals surface area (Å²) in [5, 5.41) is 3.24. The highest BCUT2D eigenvalue weighted by atomic mass is 35.5. The Bertz CT molecular complexity index is 759. The number of carbonyl (C=O) groups is 2. The van der Waals surface area contributed by atoms with Crippen LogP contribution in [-0.4, -0.2) is 24.6 Å². The van der Waals surface area contributed by atoms with Crippen molar-refractivity contribution < 1.29 is 23.5 Å². The number of hydrogen-bond donors (Lipinski definition) is 1. The SMILES string of the molecule is C[C@@H](OC(=O)[C@H]1COc2ccc(Cl)cc2C1)C(=O)NCc1ccco1. The third-order valence-electron chi connectivity index (χ3n) is 3.94. The molecular formula is C18H18ClNO5. The molecule has 2 atom stereocenters. The quantitative estimate of drug-likeness (QED) is 0.826. The van der Waals surface area contributed by atoms with Crippen molar-refractivity contribution in [2.75, 3.05) is 6.61 Å². The van der Waals surface area contributed by atoms with Crippen LogP contribution in [0.3, 0.4) is 0 Å². The molecule has 2 aromatic rings. The summed E-state index contributed by atoms with van der Waals surface area (Å²) in [5.74, 6) is 0.0289. The van der Waals surface area contributed by atoms with Gasteiger partial charge in [-0.25, -0.2) is 0 Å². The first-order valence-electron chi connectivity index (χ1n) is 7.94. The van der Waals surface area contributed by atoms with Gasteiger partial charge in [0, 0.05) is 5.02 Å². The highest BCUT2D eigenvalue weighted by Crippen LogP contribution is 2.30. The minimum absolute atomic E-state index is 0.216. The number of hydrogen-bond acceptors (Lipinski definition) is 5. The summed E-state index contributed by atoms with van der Waals surface area (Å²) in [7, 11) is 0. The Labute approximate surface area is 150 Å². The third-order valence-corrected chi connectivity index (χ3v) is 4.18. The van der Waals surface area contributed by atoms with Crippen LogP contribution in [0.25, 0.3) is 0 Å². The molecule has 2 heterocycles. The summed E-state index contributed by atoms with van der Waals surface area (Å²) in [5.41, 5.74) is 0.857. The number of fused-ring (bicyclic) bond motifs is 1. The molecule has 1 N–H and O–H groups in total. The largest absolute Gasteiger partial charge is 0.492 e. The molecule has 0 fully saturated rings. The van der Waals surface area contributed by atoms with Crippen LogP contribution in [-0.2, 0) is 27.3 Å². The van der Waals surface area contributed by atoms with E-state index in [2.05, 4.69) is 5.32 Å². The van der Waals surface area contributed by atoms with Gasteiger partial charge in [-0.05, 0) is 49.2 Å². The van der Waals surface area contributed by atoms with Crippen molar-refractivity contribution in [3.63, 3.8) is 0 Å². The van der Waals surface area contributed by atoms with Crippen molar-refractivity contribution in [3.8, 4) is 5.75 Å². The Morgan fingerprint density at radius 3 is 3.00 bits per heavy atom. The van der Waals surface area contributed by atoms with Gasteiger partial charge in [-0.2, -0.15) is 0 Å². The minimum atomic E-state index is -0.900. The van der Waals surface area contributed by atoms with Crippen molar-refractivity contribution >= 4 is 23.5 Å². The normalized spacial score (nSPS) is 17.1. The van der Waals surface area contributed by atoms with Crippen LogP contribution in [0.5, 0.6) is 5.75 Å². The molecule has 1 aromatic heterocycles. The molecule has 1 aliphatic rings. The molecule has 0 unspecified atom stereocenters. The molecule has 0 aliphatic carbocycles. The molecule has 6 nitrogen and oxygen atoms in total. The van der Waals surface area contributed by atoms with Gasteiger partial charge in [0.25, 0.3) is 5.91 Å². The topological polar surface area (TPSA) is 77.8 Å². The molecule has 3 rings (SSSR count). The summed E-state index contributed by atoms with van der Waals surface area (Å²) < 4.78 is 16.0. The summed E-state index contributed by atoms with van der Waals surface area (Å²) in [6, 6.07) is 8.78. The second kappa shape index (κ2) is 7.61. The fourth-order valence-electron chi connectivity index (χ4n) is 2.57. The maximum absolute atomic E-state index is 12.3. The predicted molar refractivity (Wildman–Crippen MR) is 90.2 cm³/mol. The van der Waals surface area contributed by atoms with Crippen molar-refractivity contribution in [1.29, 1.82) is 0 Å². The van der Waals surface area contributed by atoms with Crippen molar-refractivity contribution in [2.45, 2.75) is 26.0 Å². The first-order chi connectivity index (χ1) is 12.0. The Hall–Kier alpha value is -2.47. The molecule has 0 saturated carbocycles. The van der Waals surface area contributed by atoms with E-state index in [1.54, 1.807) is 30.3 Å². The maximum atomic E-state index is 12.3. The molecule has 1 aliphatic heterocycles. The molecule has 0 bridgehead atoms. The highest BCUT2D eigenvalue weighted by Gasteiger charge is 2.30. The monoisotopic (exact) mass is 363 g/mol. The van der Waals surface area contributed by atoms with Gasteiger partial charge in [-0.1, -0.05) is 11.6 Å². The number of esters is 1. The van der Waals surface area contributed by atoms with Crippen LogP contribution in [0.2, 0.25) is 5.02 Å². The molecule has 7 heteroatoms.